The molecule has 6 heteroatoms. The van der Waals surface area contributed by atoms with Gasteiger partial charge in [0.05, 0.1) is 30.6 Å². The topological polar surface area (TPSA) is 65.4 Å². The second-order valence-corrected chi connectivity index (χ2v) is 4.38. The molecule has 0 bridgehead atoms. The molecule has 6 nitrogen and oxygen atoms in total. The number of ether oxygens (including phenoxy) is 2. The molecule has 0 fully saturated rings. The highest BCUT2D eigenvalue weighted by Crippen LogP contribution is 2.15. The minimum Gasteiger partial charge on any atom is -0.383 e. The monoisotopic (exact) mass is 277 g/mol. The van der Waals surface area contributed by atoms with E-state index in [4.69, 9.17) is 9.47 Å². The lowest BCUT2D eigenvalue weighted by Gasteiger charge is -2.05. The number of rotatable bonds is 7. The first kappa shape index (κ1) is 14.5. The summed E-state index contributed by atoms with van der Waals surface area (Å²) in [5, 5.41) is 2.79. The lowest BCUT2D eigenvalue weighted by atomic mass is 10.2. The molecule has 1 N–H and O–H groups in total. The largest absolute Gasteiger partial charge is 0.383 e. The average Bonchev–Trinajstić information content (AvgIpc) is 2.87. The molecule has 0 atom stereocenters. The van der Waals surface area contributed by atoms with Gasteiger partial charge in [-0.3, -0.25) is 4.79 Å². The van der Waals surface area contributed by atoms with Crippen molar-refractivity contribution in [1.82, 2.24) is 14.9 Å². The van der Waals surface area contributed by atoms with Gasteiger partial charge in [-0.05, 0) is 18.2 Å². The molecule has 0 aliphatic heterocycles. The van der Waals surface area contributed by atoms with Crippen molar-refractivity contribution in [3.05, 3.63) is 30.1 Å². The van der Waals surface area contributed by atoms with Gasteiger partial charge in [0.15, 0.2) is 0 Å². The van der Waals surface area contributed by atoms with Crippen molar-refractivity contribution >= 4 is 16.9 Å². The Labute approximate surface area is 117 Å². The Morgan fingerprint density at radius 3 is 2.85 bits per heavy atom. The molecule has 0 spiro atoms. The molecule has 108 valence electrons. The summed E-state index contributed by atoms with van der Waals surface area (Å²) in [4.78, 5) is 16.2. The van der Waals surface area contributed by atoms with E-state index >= 15 is 0 Å². The molecular weight excluding hydrogens is 258 g/mol. The van der Waals surface area contributed by atoms with Crippen LogP contribution in [-0.4, -0.2) is 49.4 Å². The van der Waals surface area contributed by atoms with E-state index in [0.29, 0.717) is 25.3 Å². The fourth-order valence-corrected chi connectivity index (χ4v) is 1.94. The second kappa shape index (κ2) is 7.02. The Balaban J connectivity index is 2.11. The zero-order valence-corrected chi connectivity index (χ0v) is 11.8. The van der Waals surface area contributed by atoms with Gasteiger partial charge in [0, 0.05) is 32.9 Å². The number of carbonyl (C=O) groups is 1. The first-order valence-corrected chi connectivity index (χ1v) is 6.47. The number of hydrogen-bond acceptors (Lipinski definition) is 4. The zero-order valence-electron chi connectivity index (χ0n) is 11.8. The summed E-state index contributed by atoms with van der Waals surface area (Å²) in [6.07, 6.45) is 1.76. The van der Waals surface area contributed by atoms with Crippen LogP contribution < -0.4 is 5.32 Å². The van der Waals surface area contributed by atoms with Crippen molar-refractivity contribution in [1.29, 1.82) is 0 Å². The summed E-state index contributed by atoms with van der Waals surface area (Å²) in [6.45, 7) is 2.37. The molecule has 1 amide bonds. The van der Waals surface area contributed by atoms with Crippen LogP contribution in [0.15, 0.2) is 24.5 Å². The Morgan fingerprint density at radius 1 is 1.30 bits per heavy atom. The molecule has 0 aliphatic rings. The summed E-state index contributed by atoms with van der Waals surface area (Å²) in [5.74, 6) is -0.115. The van der Waals surface area contributed by atoms with E-state index in [2.05, 4.69) is 10.3 Å². The minimum absolute atomic E-state index is 0.115. The third kappa shape index (κ3) is 3.34. The summed E-state index contributed by atoms with van der Waals surface area (Å²) in [7, 11) is 3.27. The SMILES string of the molecule is COCCNC(=O)c1ccc2c(c1)ncn2CCOC. The molecule has 2 aromatic rings. The summed E-state index contributed by atoms with van der Waals surface area (Å²) < 4.78 is 12.0. The minimum atomic E-state index is -0.115. The molecule has 1 heterocycles. The second-order valence-electron chi connectivity index (χ2n) is 4.38. The van der Waals surface area contributed by atoms with Gasteiger partial charge < -0.3 is 19.4 Å². The Hall–Kier alpha value is -1.92. The number of amides is 1. The van der Waals surface area contributed by atoms with E-state index in [9.17, 15) is 4.79 Å². The molecule has 0 aliphatic carbocycles. The van der Waals surface area contributed by atoms with Gasteiger partial charge in [-0.25, -0.2) is 4.98 Å². The fraction of sp³-hybridized carbons (Fsp3) is 0.429. The van der Waals surface area contributed by atoms with E-state index in [-0.39, 0.29) is 5.91 Å². The lowest BCUT2D eigenvalue weighted by molar-refractivity contribution is 0.0937. The number of fused-ring (bicyclic) bond motifs is 1. The van der Waals surface area contributed by atoms with E-state index < -0.39 is 0 Å². The van der Waals surface area contributed by atoms with Crippen molar-refractivity contribution in [2.75, 3.05) is 34.0 Å². The van der Waals surface area contributed by atoms with Gasteiger partial charge in [0.1, 0.15) is 0 Å². The molecule has 0 unspecified atom stereocenters. The van der Waals surface area contributed by atoms with Gasteiger partial charge in [-0.2, -0.15) is 0 Å². The molecule has 1 aromatic heterocycles. The number of aromatic nitrogens is 2. The van der Waals surface area contributed by atoms with E-state index in [1.54, 1.807) is 32.7 Å². The van der Waals surface area contributed by atoms with Crippen LogP contribution in [0.4, 0.5) is 0 Å². The van der Waals surface area contributed by atoms with Crippen LogP contribution in [-0.2, 0) is 16.0 Å². The Kier molecular flexibility index (Phi) is 5.09. The zero-order chi connectivity index (χ0) is 14.4. The predicted octanol–water partition coefficient (Wildman–Crippen LogP) is 1.06. The number of hydrogen-bond donors (Lipinski definition) is 1. The van der Waals surface area contributed by atoms with Crippen molar-refractivity contribution in [3.8, 4) is 0 Å². The van der Waals surface area contributed by atoms with E-state index in [1.165, 1.54) is 0 Å². The molecule has 1 aromatic carbocycles. The van der Waals surface area contributed by atoms with Crippen molar-refractivity contribution < 1.29 is 14.3 Å². The number of nitrogens with one attached hydrogen (secondary N) is 1. The van der Waals surface area contributed by atoms with Crippen LogP contribution >= 0.6 is 0 Å². The standard InChI is InChI=1S/C14H19N3O3/c1-19-7-5-15-14(18)11-3-4-13-12(9-11)16-10-17(13)6-8-20-2/h3-4,9-10H,5-8H2,1-2H3,(H,15,18). The molecule has 0 saturated carbocycles. The first-order valence-electron chi connectivity index (χ1n) is 6.47. The smallest absolute Gasteiger partial charge is 0.251 e. The number of imidazole rings is 1. The van der Waals surface area contributed by atoms with Crippen LogP contribution in [0.5, 0.6) is 0 Å². The van der Waals surface area contributed by atoms with Crippen LogP contribution in [0.3, 0.4) is 0 Å². The highest BCUT2D eigenvalue weighted by molar-refractivity contribution is 5.97. The van der Waals surface area contributed by atoms with Gasteiger partial charge >= 0.3 is 0 Å². The third-order valence-electron chi connectivity index (χ3n) is 3.01. The van der Waals surface area contributed by atoms with Gasteiger partial charge in [0.25, 0.3) is 5.91 Å². The summed E-state index contributed by atoms with van der Waals surface area (Å²) in [5.41, 5.74) is 2.40. The van der Waals surface area contributed by atoms with Crippen LogP contribution in [0, 0.1) is 0 Å². The van der Waals surface area contributed by atoms with Gasteiger partial charge in [0.2, 0.25) is 0 Å². The van der Waals surface area contributed by atoms with Crippen molar-refractivity contribution in [2.24, 2.45) is 0 Å². The van der Waals surface area contributed by atoms with Crippen molar-refractivity contribution in [3.63, 3.8) is 0 Å². The maximum Gasteiger partial charge on any atom is 0.251 e. The Bertz CT molecular complexity index is 580. The van der Waals surface area contributed by atoms with Crippen LogP contribution in [0.25, 0.3) is 11.0 Å². The predicted molar refractivity (Wildman–Crippen MR) is 75.8 cm³/mol. The number of carbonyl (C=O) groups excluding carboxylic acids is 1. The number of methoxy groups -OCH3 is 2. The normalized spacial score (nSPS) is 10.9. The fourth-order valence-electron chi connectivity index (χ4n) is 1.94. The molecule has 20 heavy (non-hydrogen) atoms. The highest BCUT2D eigenvalue weighted by Gasteiger charge is 2.08. The number of nitrogens with zero attached hydrogens (tertiary/aromatic N) is 2. The third-order valence-corrected chi connectivity index (χ3v) is 3.01. The number of benzene rings is 1. The van der Waals surface area contributed by atoms with E-state index in [1.807, 2.05) is 10.6 Å². The van der Waals surface area contributed by atoms with Crippen molar-refractivity contribution in [2.45, 2.75) is 6.54 Å². The van der Waals surface area contributed by atoms with Crippen LogP contribution in [0.1, 0.15) is 10.4 Å². The lowest BCUT2D eigenvalue weighted by Crippen LogP contribution is -2.26. The van der Waals surface area contributed by atoms with Crippen LogP contribution in [0.2, 0.25) is 0 Å². The van der Waals surface area contributed by atoms with E-state index in [0.717, 1.165) is 17.6 Å². The average molecular weight is 277 g/mol. The quantitative estimate of drug-likeness (QED) is 0.769. The molecular formula is C14H19N3O3. The van der Waals surface area contributed by atoms with Gasteiger partial charge in [-0.15, -0.1) is 0 Å². The maximum atomic E-state index is 11.9. The summed E-state index contributed by atoms with van der Waals surface area (Å²) in [6, 6.07) is 5.50. The van der Waals surface area contributed by atoms with Gasteiger partial charge in [-0.1, -0.05) is 0 Å². The Morgan fingerprint density at radius 2 is 2.10 bits per heavy atom. The molecule has 0 radical (unpaired) electrons. The first-order chi connectivity index (χ1) is 9.76. The highest BCUT2D eigenvalue weighted by atomic mass is 16.5. The molecule has 2 rings (SSSR count). The molecule has 0 saturated heterocycles. The maximum absolute atomic E-state index is 11.9. The summed E-state index contributed by atoms with van der Waals surface area (Å²) >= 11 is 0.